The molecule has 1 aromatic rings. The fraction of sp³-hybridized carbons (Fsp3) is 0.692. The first-order chi connectivity index (χ1) is 7.65. The fourth-order valence-electron chi connectivity index (χ4n) is 2.19. The molecule has 2 rings (SSSR count). The lowest BCUT2D eigenvalue weighted by Gasteiger charge is -2.18. The highest BCUT2D eigenvalue weighted by Gasteiger charge is 2.22. The lowest BCUT2D eigenvalue weighted by molar-refractivity contribution is -0.120. The number of ketones is 1. The standard InChI is InChI=1S/C13H19NOS/c1-9(2)7-13-14-12(8-16-13)10-3-5-11(15)6-4-10/h8-10H,3-7H2,1-2H3. The monoisotopic (exact) mass is 237 g/mol. The quantitative estimate of drug-likeness (QED) is 0.804. The van der Waals surface area contributed by atoms with Gasteiger partial charge in [-0.05, 0) is 18.8 Å². The molecule has 0 unspecified atom stereocenters. The number of aromatic nitrogens is 1. The molecule has 1 aliphatic carbocycles. The molecule has 0 N–H and O–H groups in total. The Labute approximate surface area is 101 Å². The average molecular weight is 237 g/mol. The van der Waals surface area contributed by atoms with Gasteiger partial charge in [-0.25, -0.2) is 4.98 Å². The van der Waals surface area contributed by atoms with Crippen LogP contribution in [0.25, 0.3) is 0 Å². The number of nitrogens with zero attached hydrogens (tertiary/aromatic N) is 1. The van der Waals surface area contributed by atoms with Crippen LogP contribution in [0.15, 0.2) is 5.38 Å². The van der Waals surface area contributed by atoms with E-state index in [0.29, 0.717) is 17.6 Å². The molecule has 0 spiro atoms. The second-order valence-corrected chi connectivity index (χ2v) is 6.02. The molecular formula is C13H19NOS. The van der Waals surface area contributed by atoms with Gasteiger partial charge in [0.1, 0.15) is 5.78 Å². The Hall–Kier alpha value is -0.700. The van der Waals surface area contributed by atoms with Crippen molar-refractivity contribution in [2.75, 3.05) is 0 Å². The summed E-state index contributed by atoms with van der Waals surface area (Å²) < 4.78 is 0. The maximum atomic E-state index is 11.2. The van der Waals surface area contributed by atoms with Crippen LogP contribution in [0.1, 0.15) is 56.2 Å². The SMILES string of the molecule is CC(C)Cc1nc(C2CCC(=O)CC2)cs1. The molecule has 1 aromatic heterocycles. The maximum Gasteiger partial charge on any atom is 0.132 e. The number of carbonyl (C=O) groups is 1. The molecular weight excluding hydrogens is 218 g/mol. The van der Waals surface area contributed by atoms with Crippen LogP contribution >= 0.6 is 11.3 Å². The Morgan fingerprint density at radius 2 is 2.12 bits per heavy atom. The molecule has 1 heterocycles. The number of hydrogen-bond donors (Lipinski definition) is 0. The van der Waals surface area contributed by atoms with Gasteiger partial charge in [-0.1, -0.05) is 13.8 Å². The summed E-state index contributed by atoms with van der Waals surface area (Å²) in [6.45, 7) is 4.45. The number of Topliss-reactive ketones (excluding diaryl/α,β-unsaturated/α-hetero) is 1. The zero-order valence-electron chi connectivity index (χ0n) is 10.0. The number of hydrogen-bond acceptors (Lipinski definition) is 3. The van der Waals surface area contributed by atoms with E-state index in [9.17, 15) is 4.79 Å². The first kappa shape index (κ1) is 11.8. The zero-order valence-corrected chi connectivity index (χ0v) is 10.8. The maximum absolute atomic E-state index is 11.2. The van der Waals surface area contributed by atoms with Crippen molar-refractivity contribution in [2.45, 2.75) is 51.9 Å². The van der Waals surface area contributed by atoms with Gasteiger partial charge >= 0.3 is 0 Å². The second kappa shape index (κ2) is 5.09. The Morgan fingerprint density at radius 3 is 2.75 bits per heavy atom. The van der Waals surface area contributed by atoms with Gasteiger partial charge in [0, 0.05) is 30.6 Å². The van der Waals surface area contributed by atoms with Gasteiger partial charge < -0.3 is 0 Å². The smallest absolute Gasteiger partial charge is 0.132 e. The molecule has 1 aliphatic rings. The van der Waals surface area contributed by atoms with E-state index >= 15 is 0 Å². The van der Waals surface area contributed by atoms with Gasteiger partial charge in [0.25, 0.3) is 0 Å². The topological polar surface area (TPSA) is 30.0 Å². The summed E-state index contributed by atoms with van der Waals surface area (Å²) in [4.78, 5) is 15.9. The van der Waals surface area contributed by atoms with Gasteiger partial charge in [0.2, 0.25) is 0 Å². The van der Waals surface area contributed by atoms with Crippen molar-refractivity contribution in [1.82, 2.24) is 4.98 Å². The normalized spacial score (nSPS) is 18.3. The molecule has 88 valence electrons. The molecule has 1 fully saturated rings. The Balaban J connectivity index is 1.99. The molecule has 0 radical (unpaired) electrons. The van der Waals surface area contributed by atoms with Crippen molar-refractivity contribution in [3.63, 3.8) is 0 Å². The number of carbonyl (C=O) groups excluding carboxylic acids is 1. The van der Waals surface area contributed by atoms with Crippen molar-refractivity contribution in [3.8, 4) is 0 Å². The van der Waals surface area contributed by atoms with Gasteiger partial charge in [0.05, 0.1) is 10.7 Å². The highest BCUT2D eigenvalue weighted by Crippen LogP contribution is 2.32. The van der Waals surface area contributed by atoms with Gasteiger partial charge in [-0.15, -0.1) is 11.3 Å². The molecule has 1 saturated carbocycles. The van der Waals surface area contributed by atoms with Crippen LogP contribution < -0.4 is 0 Å². The third-order valence-corrected chi connectivity index (χ3v) is 4.00. The van der Waals surface area contributed by atoms with E-state index in [0.717, 1.165) is 32.1 Å². The molecule has 0 bridgehead atoms. The third kappa shape index (κ3) is 2.91. The molecule has 0 saturated heterocycles. The van der Waals surface area contributed by atoms with Crippen molar-refractivity contribution in [2.24, 2.45) is 5.92 Å². The van der Waals surface area contributed by atoms with Crippen LogP contribution in [-0.4, -0.2) is 10.8 Å². The van der Waals surface area contributed by atoms with Crippen molar-refractivity contribution in [3.05, 3.63) is 16.1 Å². The van der Waals surface area contributed by atoms with E-state index in [1.165, 1.54) is 10.7 Å². The Morgan fingerprint density at radius 1 is 1.44 bits per heavy atom. The third-order valence-electron chi connectivity index (χ3n) is 3.11. The van der Waals surface area contributed by atoms with Crippen molar-refractivity contribution in [1.29, 1.82) is 0 Å². The number of thiazole rings is 1. The minimum atomic E-state index is 0.425. The van der Waals surface area contributed by atoms with E-state index < -0.39 is 0 Å². The molecule has 0 aromatic carbocycles. The van der Waals surface area contributed by atoms with Crippen LogP contribution in [0.2, 0.25) is 0 Å². The summed E-state index contributed by atoms with van der Waals surface area (Å²) in [6.07, 6.45) is 4.59. The van der Waals surface area contributed by atoms with Gasteiger partial charge in [0.15, 0.2) is 0 Å². The van der Waals surface area contributed by atoms with Crippen molar-refractivity contribution >= 4 is 17.1 Å². The summed E-state index contributed by atoms with van der Waals surface area (Å²) in [5.74, 6) is 1.63. The highest BCUT2D eigenvalue weighted by atomic mass is 32.1. The Bertz CT molecular complexity index is 360. The zero-order chi connectivity index (χ0) is 11.5. The molecule has 2 nitrogen and oxygen atoms in total. The van der Waals surface area contributed by atoms with E-state index in [1.54, 1.807) is 11.3 Å². The molecule has 0 aliphatic heterocycles. The van der Waals surface area contributed by atoms with E-state index in [1.807, 2.05) is 0 Å². The van der Waals surface area contributed by atoms with Crippen LogP contribution in [0.4, 0.5) is 0 Å². The van der Waals surface area contributed by atoms with E-state index in [2.05, 4.69) is 19.2 Å². The van der Waals surface area contributed by atoms with Crippen LogP contribution in [0.5, 0.6) is 0 Å². The molecule has 0 amide bonds. The first-order valence-corrected chi connectivity index (χ1v) is 6.99. The Kier molecular flexibility index (Phi) is 3.74. The van der Waals surface area contributed by atoms with Crippen LogP contribution in [0, 0.1) is 5.92 Å². The first-order valence-electron chi connectivity index (χ1n) is 6.11. The van der Waals surface area contributed by atoms with Crippen LogP contribution in [0.3, 0.4) is 0 Å². The van der Waals surface area contributed by atoms with Crippen molar-refractivity contribution < 1.29 is 4.79 Å². The van der Waals surface area contributed by atoms with Gasteiger partial charge in [-0.2, -0.15) is 0 Å². The van der Waals surface area contributed by atoms with E-state index in [4.69, 9.17) is 4.98 Å². The summed E-state index contributed by atoms with van der Waals surface area (Å²) in [5.41, 5.74) is 1.23. The summed E-state index contributed by atoms with van der Waals surface area (Å²) >= 11 is 1.78. The molecule has 0 atom stereocenters. The minimum absolute atomic E-state index is 0.425. The highest BCUT2D eigenvalue weighted by molar-refractivity contribution is 7.09. The number of rotatable bonds is 3. The van der Waals surface area contributed by atoms with Gasteiger partial charge in [-0.3, -0.25) is 4.79 Å². The summed E-state index contributed by atoms with van der Waals surface area (Å²) in [5, 5.41) is 3.44. The summed E-state index contributed by atoms with van der Waals surface area (Å²) in [6, 6.07) is 0. The predicted molar refractivity (Wildman–Crippen MR) is 66.9 cm³/mol. The molecule has 16 heavy (non-hydrogen) atoms. The largest absolute Gasteiger partial charge is 0.300 e. The fourth-order valence-corrected chi connectivity index (χ4v) is 3.28. The minimum Gasteiger partial charge on any atom is -0.300 e. The average Bonchev–Trinajstić information content (AvgIpc) is 2.66. The van der Waals surface area contributed by atoms with Crippen LogP contribution in [-0.2, 0) is 11.2 Å². The lowest BCUT2D eigenvalue weighted by Crippen LogP contribution is -2.12. The second-order valence-electron chi connectivity index (χ2n) is 5.08. The molecule has 3 heteroatoms. The predicted octanol–water partition coefficient (Wildman–Crippen LogP) is 3.57. The van der Waals surface area contributed by atoms with E-state index in [-0.39, 0.29) is 0 Å². The lowest BCUT2D eigenvalue weighted by atomic mass is 9.87. The summed E-state index contributed by atoms with van der Waals surface area (Å²) in [7, 11) is 0.